The highest BCUT2D eigenvalue weighted by atomic mass is 32.2. The van der Waals surface area contributed by atoms with Gasteiger partial charge in [-0.05, 0) is 49.6 Å². The van der Waals surface area contributed by atoms with Crippen LogP contribution in [0, 0.1) is 6.92 Å². The molecule has 0 unspecified atom stereocenters. The van der Waals surface area contributed by atoms with Gasteiger partial charge in [0.1, 0.15) is 16.0 Å². The van der Waals surface area contributed by atoms with Crippen LogP contribution in [0.5, 0.6) is 5.75 Å². The van der Waals surface area contributed by atoms with Crippen LogP contribution in [-0.4, -0.2) is 38.3 Å². The second kappa shape index (κ2) is 7.77. The van der Waals surface area contributed by atoms with Crippen molar-refractivity contribution in [3.63, 3.8) is 0 Å². The van der Waals surface area contributed by atoms with E-state index in [0.717, 1.165) is 16.2 Å². The highest BCUT2D eigenvalue weighted by Gasteiger charge is 2.39. The molecule has 2 heterocycles. The third-order valence-corrected chi connectivity index (χ3v) is 7.76. The van der Waals surface area contributed by atoms with Crippen molar-refractivity contribution < 1.29 is 17.9 Å². The highest BCUT2D eigenvalue weighted by molar-refractivity contribution is 7.91. The van der Waals surface area contributed by atoms with Crippen LogP contribution in [0.1, 0.15) is 23.3 Å². The van der Waals surface area contributed by atoms with Gasteiger partial charge < -0.3 is 10.1 Å². The fourth-order valence-corrected chi connectivity index (χ4v) is 6.11. The van der Waals surface area contributed by atoms with E-state index in [0.29, 0.717) is 30.1 Å². The topological polar surface area (TPSA) is 75.7 Å². The first-order valence-corrected chi connectivity index (χ1v) is 10.7. The van der Waals surface area contributed by atoms with Crippen molar-refractivity contribution in [2.75, 3.05) is 13.7 Å². The van der Waals surface area contributed by atoms with E-state index >= 15 is 0 Å². The van der Waals surface area contributed by atoms with Gasteiger partial charge in [0.25, 0.3) is 10.0 Å². The number of ether oxygens (including phenoxy) is 1. The van der Waals surface area contributed by atoms with Gasteiger partial charge in [-0.3, -0.25) is 4.79 Å². The monoisotopic (exact) mass is 394 g/mol. The lowest BCUT2D eigenvalue weighted by Crippen LogP contribution is -2.45. The van der Waals surface area contributed by atoms with E-state index < -0.39 is 16.1 Å². The molecule has 2 aromatic rings. The molecule has 1 atom stereocenters. The number of thiophene rings is 1. The molecule has 1 aromatic heterocycles. The summed E-state index contributed by atoms with van der Waals surface area (Å²) < 4.78 is 32.5. The molecule has 8 heteroatoms. The Balaban J connectivity index is 1.70. The van der Waals surface area contributed by atoms with Crippen LogP contribution >= 0.6 is 11.3 Å². The predicted molar refractivity (Wildman–Crippen MR) is 101 cm³/mol. The lowest BCUT2D eigenvalue weighted by Gasteiger charge is -2.22. The lowest BCUT2D eigenvalue weighted by atomic mass is 10.2. The van der Waals surface area contributed by atoms with Crippen LogP contribution < -0.4 is 10.1 Å². The van der Waals surface area contributed by atoms with Crippen LogP contribution in [0.2, 0.25) is 0 Å². The van der Waals surface area contributed by atoms with Crippen molar-refractivity contribution >= 4 is 27.3 Å². The summed E-state index contributed by atoms with van der Waals surface area (Å²) in [4.78, 5) is 13.6. The summed E-state index contributed by atoms with van der Waals surface area (Å²) in [6.07, 6.45) is 1.22. The first-order chi connectivity index (χ1) is 12.4. The van der Waals surface area contributed by atoms with Crippen LogP contribution in [-0.2, 0) is 21.4 Å². The number of aryl methyl sites for hydroxylation is 1. The number of sulfonamides is 1. The molecule has 6 nitrogen and oxygen atoms in total. The van der Waals surface area contributed by atoms with Gasteiger partial charge in [0, 0.05) is 18.0 Å². The number of methoxy groups -OCH3 is 1. The molecule has 1 aliphatic rings. The number of benzene rings is 1. The van der Waals surface area contributed by atoms with E-state index in [-0.39, 0.29) is 5.91 Å². The molecule has 1 fully saturated rings. The number of carbonyl (C=O) groups is 1. The standard InChI is InChI=1S/C18H22N2O4S2/c1-13-8-9-17(25-13)26(22,23)20-10-4-7-16(20)18(21)19-12-14-5-3-6-15(11-14)24-2/h3,5-6,8-9,11,16H,4,7,10,12H2,1-2H3,(H,19,21)/t16-/m0/s1. The van der Waals surface area contributed by atoms with Gasteiger partial charge in [-0.2, -0.15) is 4.31 Å². The molecule has 26 heavy (non-hydrogen) atoms. The molecule has 1 amide bonds. The molecule has 1 aromatic carbocycles. The number of nitrogens with one attached hydrogen (secondary N) is 1. The molecular formula is C18H22N2O4S2. The lowest BCUT2D eigenvalue weighted by molar-refractivity contribution is -0.124. The number of nitrogens with zero attached hydrogens (tertiary/aromatic N) is 1. The Morgan fingerprint density at radius 2 is 2.15 bits per heavy atom. The smallest absolute Gasteiger partial charge is 0.253 e. The second-order valence-corrected chi connectivity index (χ2v) is 9.61. The minimum atomic E-state index is -3.63. The summed E-state index contributed by atoms with van der Waals surface area (Å²) >= 11 is 1.23. The number of rotatable bonds is 6. The van der Waals surface area contributed by atoms with Crippen molar-refractivity contribution in [3.8, 4) is 5.75 Å². The zero-order valence-electron chi connectivity index (χ0n) is 14.8. The van der Waals surface area contributed by atoms with Gasteiger partial charge in [-0.1, -0.05) is 12.1 Å². The molecule has 1 saturated heterocycles. The van der Waals surface area contributed by atoms with Crippen LogP contribution in [0.25, 0.3) is 0 Å². The minimum Gasteiger partial charge on any atom is -0.497 e. The van der Waals surface area contributed by atoms with E-state index in [4.69, 9.17) is 4.74 Å². The number of carbonyl (C=O) groups excluding carboxylic acids is 1. The van der Waals surface area contributed by atoms with E-state index in [1.165, 1.54) is 15.6 Å². The Morgan fingerprint density at radius 3 is 2.85 bits per heavy atom. The average molecular weight is 395 g/mol. The third-order valence-electron chi connectivity index (χ3n) is 4.39. The van der Waals surface area contributed by atoms with Crippen LogP contribution in [0.4, 0.5) is 0 Å². The number of amides is 1. The Kier molecular flexibility index (Phi) is 5.64. The zero-order chi connectivity index (χ0) is 18.7. The summed E-state index contributed by atoms with van der Waals surface area (Å²) in [5.41, 5.74) is 0.902. The van der Waals surface area contributed by atoms with Crippen molar-refractivity contribution in [1.82, 2.24) is 9.62 Å². The van der Waals surface area contributed by atoms with Gasteiger partial charge in [-0.15, -0.1) is 11.3 Å². The molecule has 1 aliphatic heterocycles. The molecule has 1 N–H and O–H groups in total. The summed E-state index contributed by atoms with van der Waals surface area (Å²) in [6.45, 7) is 2.57. The number of hydrogen-bond acceptors (Lipinski definition) is 5. The molecule has 0 bridgehead atoms. The Labute approximate surface area is 157 Å². The predicted octanol–water partition coefficient (Wildman–Crippen LogP) is 2.53. The molecule has 0 aliphatic carbocycles. The maximum Gasteiger partial charge on any atom is 0.253 e. The summed E-state index contributed by atoms with van der Waals surface area (Å²) in [7, 11) is -2.05. The average Bonchev–Trinajstić information content (AvgIpc) is 3.29. The maximum atomic E-state index is 12.9. The van der Waals surface area contributed by atoms with Crippen molar-refractivity contribution in [2.24, 2.45) is 0 Å². The number of hydrogen-bond donors (Lipinski definition) is 1. The van der Waals surface area contributed by atoms with Crippen LogP contribution in [0.3, 0.4) is 0 Å². The van der Waals surface area contributed by atoms with Crippen molar-refractivity contribution in [2.45, 2.75) is 36.6 Å². The fraction of sp³-hybridized carbons (Fsp3) is 0.389. The molecule has 140 valence electrons. The van der Waals surface area contributed by atoms with Gasteiger partial charge in [0.2, 0.25) is 5.91 Å². The molecule has 0 radical (unpaired) electrons. The van der Waals surface area contributed by atoms with E-state index in [1.807, 2.05) is 31.2 Å². The summed E-state index contributed by atoms with van der Waals surface area (Å²) in [5.74, 6) is 0.456. The Bertz CT molecular complexity index is 892. The van der Waals surface area contributed by atoms with Crippen LogP contribution in [0.15, 0.2) is 40.6 Å². The van der Waals surface area contributed by atoms with Crippen molar-refractivity contribution in [3.05, 3.63) is 46.8 Å². The van der Waals surface area contributed by atoms with E-state index in [1.54, 1.807) is 19.2 Å². The third kappa shape index (κ3) is 3.92. The molecule has 3 rings (SSSR count). The second-order valence-electron chi connectivity index (χ2n) is 6.21. The first kappa shape index (κ1) is 18.9. The van der Waals surface area contributed by atoms with Crippen molar-refractivity contribution in [1.29, 1.82) is 0 Å². The normalized spacial score (nSPS) is 18.0. The highest BCUT2D eigenvalue weighted by Crippen LogP contribution is 2.30. The summed E-state index contributed by atoms with van der Waals surface area (Å²) in [5, 5.41) is 2.85. The maximum absolute atomic E-state index is 12.9. The molecule has 0 saturated carbocycles. The van der Waals surface area contributed by atoms with Gasteiger partial charge in [-0.25, -0.2) is 8.42 Å². The fourth-order valence-electron chi connectivity index (χ4n) is 3.05. The Hall–Kier alpha value is -1.90. The van der Waals surface area contributed by atoms with Gasteiger partial charge in [0.05, 0.1) is 7.11 Å². The van der Waals surface area contributed by atoms with Gasteiger partial charge >= 0.3 is 0 Å². The van der Waals surface area contributed by atoms with E-state index in [2.05, 4.69) is 5.32 Å². The SMILES string of the molecule is COc1cccc(CNC(=O)[C@@H]2CCCN2S(=O)(=O)c2ccc(C)s2)c1. The molecular weight excluding hydrogens is 372 g/mol. The largest absolute Gasteiger partial charge is 0.497 e. The van der Waals surface area contributed by atoms with Gasteiger partial charge in [0.15, 0.2) is 0 Å². The van der Waals surface area contributed by atoms with E-state index in [9.17, 15) is 13.2 Å². The molecule has 0 spiro atoms. The summed E-state index contributed by atoms with van der Waals surface area (Å²) in [6, 6.07) is 10.2. The Morgan fingerprint density at radius 1 is 1.35 bits per heavy atom. The zero-order valence-corrected chi connectivity index (χ0v) is 16.4. The first-order valence-electron chi connectivity index (χ1n) is 8.41. The minimum absolute atomic E-state index is 0.262. The quantitative estimate of drug-likeness (QED) is 0.817.